The summed E-state index contributed by atoms with van der Waals surface area (Å²) in [6.07, 6.45) is 5.59. The zero-order valence-electron chi connectivity index (χ0n) is 9.06. The molecule has 2 aromatic rings. The Morgan fingerprint density at radius 2 is 2.44 bits per heavy atom. The van der Waals surface area contributed by atoms with Crippen LogP contribution in [0.4, 0.5) is 0 Å². The molecule has 0 radical (unpaired) electrons. The minimum atomic E-state index is 0.386. The third-order valence-electron chi connectivity index (χ3n) is 2.30. The summed E-state index contributed by atoms with van der Waals surface area (Å²) in [6.45, 7) is 3.82. The fraction of sp³-hybridized carbons (Fsp3) is 0.364. The fourth-order valence-corrected chi connectivity index (χ4v) is 1.96. The van der Waals surface area contributed by atoms with Crippen molar-refractivity contribution in [1.82, 2.24) is 14.9 Å². The van der Waals surface area contributed by atoms with Gasteiger partial charge in [0.25, 0.3) is 0 Å². The average Bonchev–Trinajstić information content (AvgIpc) is 2.87. The second-order valence-electron chi connectivity index (χ2n) is 3.75. The van der Waals surface area contributed by atoms with Crippen molar-refractivity contribution < 1.29 is 4.42 Å². The van der Waals surface area contributed by atoms with Crippen LogP contribution in [-0.2, 0) is 13.1 Å². The predicted molar refractivity (Wildman–Crippen MR) is 70.0 cm³/mol. The molecule has 0 bridgehead atoms. The molecule has 0 aliphatic rings. The molecule has 5 heteroatoms. The molecule has 1 unspecified atom stereocenters. The Kier molecular flexibility index (Phi) is 4.00. The summed E-state index contributed by atoms with van der Waals surface area (Å²) in [4.78, 5) is 4.01. The van der Waals surface area contributed by atoms with Crippen LogP contribution >= 0.6 is 22.6 Å². The Labute approximate surface area is 108 Å². The molecule has 0 saturated heterocycles. The van der Waals surface area contributed by atoms with Gasteiger partial charge in [0.1, 0.15) is 5.76 Å². The largest absolute Gasteiger partial charge is 0.454 e. The molecular formula is C11H14IN3O. The van der Waals surface area contributed by atoms with Gasteiger partial charge in [-0.25, -0.2) is 4.98 Å². The van der Waals surface area contributed by atoms with Gasteiger partial charge < -0.3 is 14.3 Å². The van der Waals surface area contributed by atoms with Crippen molar-refractivity contribution in [3.8, 4) is 0 Å². The van der Waals surface area contributed by atoms with Crippen LogP contribution in [0.15, 0.2) is 35.3 Å². The van der Waals surface area contributed by atoms with E-state index < -0.39 is 0 Å². The highest BCUT2D eigenvalue weighted by atomic mass is 127. The third-order valence-corrected chi connectivity index (χ3v) is 2.88. The lowest BCUT2D eigenvalue weighted by molar-refractivity contribution is 0.419. The molecule has 0 saturated carbocycles. The summed E-state index contributed by atoms with van der Waals surface area (Å²) in [5.41, 5.74) is 0. The van der Waals surface area contributed by atoms with Crippen molar-refractivity contribution in [2.75, 3.05) is 0 Å². The first-order valence-electron chi connectivity index (χ1n) is 5.17. The molecule has 2 rings (SSSR count). The van der Waals surface area contributed by atoms with Gasteiger partial charge in [0.15, 0.2) is 3.77 Å². The molecule has 0 aliphatic carbocycles. The normalized spacial score (nSPS) is 12.9. The number of furan rings is 1. The molecule has 0 spiro atoms. The molecule has 2 aromatic heterocycles. The van der Waals surface area contributed by atoms with Gasteiger partial charge >= 0.3 is 0 Å². The maximum absolute atomic E-state index is 5.47. The Balaban J connectivity index is 1.77. The van der Waals surface area contributed by atoms with Crippen LogP contribution in [0.3, 0.4) is 0 Å². The molecule has 86 valence electrons. The van der Waals surface area contributed by atoms with Gasteiger partial charge in [0.05, 0.1) is 12.9 Å². The Morgan fingerprint density at radius 3 is 3.06 bits per heavy atom. The van der Waals surface area contributed by atoms with Crippen molar-refractivity contribution >= 4 is 22.6 Å². The molecule has 4 nitrogen and oxygen atoms in total. The Hall–Kier alpha value is -0.820. The molecule has 2 heterocycles. The van der Waals surface area contributed by atoms with Gasteiger partial charge in [-0.05, 0) is 41.6 Å². The molecule has 0 aliphatic heterocycles. The predicted octanol–water partition coefficient (Wildman–Crippen LogP) is 2.26. The third kappa shape index (κ3) is 3.34. The Bertz CT molecular complexity index is 424. The van der Waals surface area contributed by atoms with E-state index in [4.69, 9.17) is 4.42 Å². The van der Waals surface area contributed by atoms with Crippen molar-refractivity contribution in [2.24, 2.45) is 0 Å². The second-order valence-corrected chi connectivity index (χ2v) is 4.81. The van der Waals surface area contributed by atoms with E-state index in [2.05, 4.69) is 44.4 Å². The van der Waals surface area contributed by atoms with Crippen molar-refractivity contribution in [2.45, 2.75) is 26.1 Å². The number of nitrogens with one attached hydrogen (secondary N) is 1. The van der Waals surface area contributed by atoms with Crippen LogP contribution in [0.25, 0.3) is 0 Å². The lowest BCUT2D eigenvalue weighted by Gasteiger charge is -2.13. The van der Waals surface area contributed by atoms with E-state index in [1.807, 2.05) is 24.7 Å². The fourth-order valence-electron chi connectivity index (χ4n) is 1.50. The number of imidazole rings is 1. The van der Waals surface area contributed by atoms with E-state index in [0.717, 1.165) is 22.6 Å². The molecule has 0 aromatic carbocycles. The standard InChI is InChI=1S/C11H14IN3O/c1-9(7-15-5-4-13-8-15)14-6-10-2-3-11(12)16-10/h2-5,8-9,14H,6-7H2,1H3. The second kappa shape index (κ2) is 5.49. The average molecular weight is 331 g/mol. The minimum absolute atomic E-state index is 0.386. The SMILES string of the molecule is CC(Cn1ccnc1)NCc1ccc(I)o1. The monoisotopic (exact) mass is 331 g/mol. The molecule has 1 atom stereocenters. The van der Waals surface area contributed by atoms with E-state index in [9.17, 15) is 0 Å². The lowest BCUT2D eigenvalue weighted by Crippen LogP contribution is -2.29. The maximum atomic E-state index is 5.47. The van der Waals surface area contributed by atoms with Crippen LogP contribution in [0.1, 0.15) is 12.7 Å². The lowest BCUT2D eigenvalue weighted by atomic mass is 10.3. The van der Waals surface area contributed by atoms with Crippen molar-refractivity contribution in [1.29, 1.82) is 0 Å². The van der Waals surface area contributed by atoms with Crippen LogP contribution in [0.5, 0.6) is 0 Å². The van der Waals surface area contributed by atoms with Crippen molar-refractivity contribution in [3.63, 3.8) is 0 Å². The molecule has 0 fully saturated rings. The van der Waals surface area contributed by atoms with Gasteiger partial charge in [0.2, 0.25) is 0 Å². The van der Waals surface area contributed by atoms with Gasteiger partial charge in [-0.2, -0.15) is 0 Å². The summed E-state index contributed by atoms with van der Waals surface area (Å²) < 4.78 is 8.46. The Morgan fingerprint density at radius 1 is 1.56 bits per heavy atom. The minimum Gasteiger partial charge on any atom is -0.454 e. The molecule has 0 amide bonds. The van der Waals surface area contributed by atoms with Gasteiger partial charge in [0, 0.05) is 25.0 Å². The summed E-state index contributed by atoms with van der Waals surface area (Å²) in [7, 11) is 0. The van der Waals surface area contributed by atoms with Crippen LogP contribution in [-0.4, -0.2) is 15.6 Å². The van der Waals surface area contributed by atoms with Crippen LogP contribution in [0.2, 0.25) is 0 Å². The number of hydrogen-bond acceptors (Lipinski definition) is 3. The number of rotatable bonds is 5. The highest BCUT2D eigenvalue weighted by Gasteiger charge is 2.04. The quantitative estimate of drug-likeness (QED) is 0.855. The zero-order chi connectivity index (χ0) is 11.4. The first-order chi connectivity index (χ1) is 7.74. The highest BCUT2D eigenvalue weighted by molar-refractivity contribution is 14.1. The van der Waals surface area contributed by atoms with Gasteiger partial charge in [-0.15, -0.1) is 0 Å². The van der Waals surface area contributed by atoms with Crippen LogP contribution < -0.4 is 5.32 Å². The highest BCUT2D eigenvalue weighted by Crippen LogP contribution is 2.09. The number of halogens is 1. The van der Waals surface area contributed by atoms with Gasteiger partial charge in [-0.3, -0.25) is 0 Å². The van der Waals surface area contributed by atoms with E-state index in [0.29, 0.717) is 6.04 Å². The molecule has 1 N–H and O–H groups in total. The van der Waals surface area contributed by atoms with E-state index >= 15 is 0 Å². The summed E-state index contributed by atoms with van der Waals surface area (Å²) in [5.74, 6) is 0.974. The number of aromatic nitrogens is 2. The smallest absolute Gasteiger partial charge is 0.164 e. The van der Waals surface area contributed by atoms with Gasteiger partial charge in [-0.1, -0.05) is 0 Å². The van der Waals surface area contributed by atoms with Crippen LogP contribution in [0, 0.1) is 3.77 Å². The number of nitrogens with zero attached hydrogens (tertiary/aromatic N) is 2. The van der Waals surface area contributed by atoms with E-state index in [-0.39, 0.29) is 0 Å². The summed E-state index contributed by atoms with van der Waals surface area (Å²) in [5, 5.41) is 3.40. The van der Waals surface area contributed by atoms with Crippen molar-refractivity contribution in [3.05, 3.63) is 40.4 Å². The molecule has 16 heavy (non-hydrogen) atoms. The summed E-state index contributed by atoms with van der Waals surface area (Å²) >= 11 is 2.17. The summed E-state index contributed by atoms with van der Waals surface area (Å²) in [6, 6.07) is 4.36. The maximum Gasteiger partial charge on any atom is 0.164 e. The zero-order valence-corrected chi connectivity index (χ0v) is 11.2. The molecular weight excluding hydrogens is 317 g/mol. The first-order valence-corrected chi connectivity index (χ1v) is 6.25. The first kappa shape index (κ1) is 11.7. The number of hydrogen-bond donors (Lipinski definition) is 1. The van der Waals surface area contributed by atoms with E-state index in [1.165, 1.54) is 0 Å². The topological polar surface area (TPSA) is 43.0 Å². The van der Waals surface area contributed by atoms with E-state index in [1.54, 1.807) is 6.20 Å².